The molecule has 0 aromatic heterocycles. The van der Waals surface area contributed by atoms with Crippen LogP contribution in [0.1, 0.15) is 43.4 Å². The molecular weight excluding hydrogens is 540 g/mol. The summed E-state index contributed by atoms with van der Waals surface area (Å²) in [5.74, 6) is -0.372. The lowest BCUT2D eigenvalue weighted by atomic mass is 9.97. The molecule has 0 unspecified atom stereocenters. The number of alkyl carbamates (subject to hydrolysis) is 1. The van der Waals surface area contributed by atoms with Crippen molar-refractivity contribution in [3.63, 3.8) is 0 Å². The number of rotatable bonds is 8. The topological polar surface area (TPSA) is 114 Å². The maximum absolute atomic E-state index is 14.1. The Bertz CT molecular complexity index is 1640. The second-order valence-corrected chi connectivity index (χ2v) is 11.7. The van der Waals surface area contributed by atoms with Gasteiger partial charge in [0.05, 0.1) is 6.54 Å². The first-order chi connectivity index (χ1) is 20.6. The predicted molar refractivity (Wildman–Crippen MR) is 169 cm³/mol. The standard InChI is InChI=1S/C35H38N4O4/c1-35(2,36)20-32(40)38-30-18-17-29-28-11-7-4-8-24(28)16-19-31(29)39(33(30)41)21-23-12-14-25(15-13-23)27-10-6-5-9-26(27)22-43-34(42)37-3/h4-16,19,30H,17-18,20-22,36H2,1-3H3,(H,37,42)(H,38,40)/t30-/m1/s1. The van der Waals surface area contributed by atoms with Gasteiger partial charge in [-0.25, -0.2) is 4.79 Å². The van der Waals surface area contributed by atoms with Gasteiger partial charge in [-0.05, 0) is 71.3 Å². The van der Waals surface area contributed by atoms with E-state index in [1.165, 1.54) is 7.05 Å². The summed E-state index contributed by atoms with van der Waals surface area (Å²) in [4.78, 5) is 40.3. The molecular formula is C35H38N4O4. The van der Waals surface area contributed by atoms with Crippen molar-refractivity contribution in [2.75, 3.05) is 11.9 Å². The fraction of sp³-hybridized carbons (Fsp3) is 0.286. The predicted octanol–water partition coefficient (Wildman–Crippen LogP) is 5.45. The SMILES string of the molecule is CNC(=O)OCc1ccccc1-c1ccc(CN2C(=O)[C@H](NC(=O)CC(C)(C)N)CCc3c2ccc2ccccc32)cc1. The Balaban J connectivity index is 1.44. The van der Waals surface area contributed by atoms with Crippen molar-refractivity contribution < 1.29 is 19.1 Å². The number of fused-ring (bicyclic) bond motifs is 3. The summed E-state index contributed by atoms with van der Waals surface area (Å²) in [5, 5.41) is 7.67. The molecule has 1 aliphatic heterocycles. The van der Waals surface area contributed by atoms with E-state index < -0.39 is 17.7 Å². The third kappa shape index (κ3) is 7.04. The molecule has 0 spiro atoms. The van der Waals surface area contributed by atoms with E-state index in [1.54, 1.807) is 18.7 Å². The van der Waals surface area contributed by atoms with Crippen LogP contribution >= 0.6 is 0 Å². The van der Waals surface area contributed by atoms with Crippen LogP contribution in [0.25, 0.3) is 21.9 Å². The second-order valence-electron chi connectivity index (χ2n) is 11.7. The van der Waals surface area contributed by atoms with Gasteiger partial charge in [-0.15, -0.1) is 0 Å². The van der Waals surface area contributed by atoms with E-state index in [9.17, 15) is 14.4 Å². The number of carbonyl (C=O) groups excluding carboxylic acids is 3. The summed E-state index contributed by atoms with van der Waals surface area (Å²) in [6.45, 7) is 4.10. The molecule has 4 N–H and O–H groups in total. The van der Waals surface area contributed by atoms with Gasteiger partial charge in [-0.2, -0.15) is 0 Å². The number of aryl methyl sites for hydroxylation is 1. The smallest absolute Gasteiger partial charge is 0.407 e. The minimum absolute atomic E-state index is 0.129. The summed E-state index contributed by atoms with van der Waals surface area (Å²) >= 11 is 0. The highest BCUT2D eigenvalue weighted by molar-refractivity contribution is 6.03. The number of nitrogens with one attached hydrogen (secondary N) is 2. The highest BCUT2D eigenvalue weighted by Gasteiger charge is 2.33. The van der Waals surface area contributed by atoms with Gasteiger partial charge < -0.3 is 26.0 Å². The third-order valence-electron chi connectivity index (χ3n) is 7.69. The van der Waals surface area contributed by atoms with Crippen LogP contribution < -0.4 is 21.3 Å². The van der Waals surface area contributed by atoms with Gasteiger partial charge >= 0.3 is 6.09 Å². The number of hydrogen-bond acceptors (Lipinski definition) is 5. The lowest BCUT2D eigenvalue weighted by molar-refractivity contribution is -0.128. The van der Waals surface area contributed by atoms with Gasteiger partial charge in [-0.3, -0.25) is 9.59 Å². The monoisotopic (exact) mass is 578 g/mol. The molecule has 4 aromatic carbocycles. The Morgan fingerprint density at radius 2 is 1.70 bits per heavy atom. The van der Waals surface area contributed by atoms with E-state index in [0.717, 1.165) is 44.3 Å². The number of anilines is 1. The molecule has 0 fully saturated rings. The van der Waals surface area contributed by atoms with Crippen LogP contribution in [0.15, 0.2) is 84.9 Å². The van der Waals surface area contributed by atoms with Gasteiger partial charge in [-0.1, -0.05) is 78.9 Å². The zero-order valence-corrected chi connectivity index (χ0v) is 24.9. The minimum Gasteiger partial charge on any atom is -0.445 e. The van der Waals surface area contributed by atoms with E-state index in [0.29, 0.717) is 19.4 Å². The zero-order chi connectivity index (χ0) is 30.6. The highest BCUT2D eigenvalue weighted by atomic mass is 16.5. The van der Waals surface area contributed by atoms with Crippen molar-refractivity contribution in [3.05, 3.63) is 102 Å². The number of nitrogens with two attached hydrogens (primary N) is 1. The second kappa shape index (κ2) is 12.7. The molecule has 1 heterocycles. The highest BCUT2D eigenvalue weighted by Crippen LogP contribution is 2.35. The molecule has 8 nitrogen and oxygen atoms in total. The molecule has 8 heteroatoms. The molecule has 1 atom stereocenters. The van der Waals surface area contributed by atoms with E-state index in [-0.39, 0.29) is 24.8 Å². The number of ether oxygens (including phenoxy) is 1. The largest absolute Gasteiger partial charge is 0.445 e. The van der Waals surface area contributed by atoms with Crippen molar-refractivity contribution in [1.82, 2.24) is 10.6 Å². The van der Waals surface area contributed by atoms with E-state index in [1.807, 2.05) is 72.8 Å². The molecule has 3 amide bonds. The van der Waals surface area contributed by atoms with Crippen LogP contribution in [0.3, 0.4) is 0 Å². The minimum atomic E-state index is -0.675. The van der Waals surface area contributed by atoms with Crippen LogP contribution in [0.2, 0.25) is 0 Å². The van der Waals surface area contributed by atoms with Gasteiger partial charge in [0.25, 0.3) is 0 Å². The van der Waals surface area contributed by atoms with Crippen LogP contribution in [0.5, 0.6) is 0 Å². The maximum atomic E-state index is 14.1. The Morgan fingerprint density at radius 3 is 2.44 bits per heavy atom. The lowest BCUT2D eigenvalue weighted by Crippen LogP contribution is -2.49. The van der Waals surface area contributed by atoms with Crippen molar-refractivity contribution in [2.45, 2.75) is 57.8 Å². The van der Waals surface area contributed by atoms with E-state index >= 15 is 0 Å². The fourth-order valence-electron chi connectivity index (χ4n) is 5.63. The van der Waals surface area contributed by atoms with Crippen molar-refractivity contribution >= 4 is 34.4 Å². The van der Waals surface area contributed by atoms with Gasteiger partial charge in [0.15, 0.2) is 0 Å². The lowest BCUT2D eigenvalue weighted by Gasteiger charge is -2.27. The van der Waals surface area contributed by atoms with Crippen LogP contribution in [0, 0.1) is 0 Å². The van der Waals surface area contributed by atoms with Crippen molar-refractivity contribution in [3.8, 4) is 11.1 Å². The number of hydrogen-bond donors (Lipinski definition) is 3. The number of benzene rings is 4. The summed E-state index contributed by atoms with van der Waals surface area (Å²) in [6.07, 6.45) is 0.801. The molecule has 5 rings (SSSR count). The molecule has 222 valence electrons. The Kier molecular flexibility index (Phi) is 8.78. The van der Waals surface area contributed by atoms with Crippen LogP contribution in [-0.2, 0) is 33.9 Å². The molecule has 0 aliphatic carbocycles. The third-order valence-corrected chi connectivity index (χ3v) is 7.69. The van der Waals surface area contributed by atoms with Crippen LogP contribution in [0.4, 0.5) is 10.5 Å². The first kappa shape index (κ1) is 29.8. The van der Waals surface area contributed by atoms with Gasteiger partial charge in [0.1, 0.15) is 12.6 Å². The van der Waals surface area contributed by atoms with Gasteiger partial charge in [0, 0.05) is 24.7 Å². The normalized spacial score (nSPS) is 15.0. The summed E-state index contributed by atoms with van der Waals surface area (Å²) < 4.78 is 5.28. The fourth-order valence-corrected chi connectivity index (χ4v) is 5.63. The Hall–Kier alpha value is -4.69. The Labute approximate surface area is 252 Å². The van der Waals surface area contributed by atoms with Gasteiger partial charge in [0.2, 0.25) is 11.8 Å². The average Bonchev–Trinajstić information content (AvgIpc) is 3.12. The number of amides is 3. The number of carbonyl (C=O) groups is 3. The molecule has 0 radical (unpaired) electrons. The summed E-state index contributed by atoms with van der Waals surface area (Å²) in [5.41, 5.74) is 11.2. The quantitative estimate of drug-likeness (QED) is 0.257. The van der Waals surface area contributed by atoms with Crippen LogP contribution in [-0.4, -0.2) is 36.5 Å². The Morgan fingerprint density at radius 1 is 0.977 bits per heavy atom. The van der Waals surface area contributed by atoms with Crippen molar-refractivity contribution in [2.24, 2.45) is 5.73 Å². The molecule has 0 saturated carbocycles. The van der Waals surface area contributed by atoms with E-state index in [2.05, 4.69) is 22.8 Å². The zero-order valence-electron chi connectivity index (χ0n) is 24.9. The average molecular weight is 579 g/mol. The molecule has 0 saturated heterocycles. The maximum Gasteiger partial charge on any atom is 0.407 e. The molecule has 1 aliphatic rings. The first-order valence-corrected chi connectivity index (χ1v) is 14.5. The van der Waals surface area contributed by atoms with Crippen molar-refractivity contribution in [1.29, 1.82) is 0 Å². The summed E-state index contributed by atoms with van der Waals surface area (Å²) in [7, 11) is 1.53. The van der Waals surface area contributed by atoms with E-state index in [4.69, 9.17) is 10.5 Å². The summed E-state index contributed by atoms with van der Waals surface area (Å²) in [6, 6.07) is 27.4. The molecule has 4 aromatic rings. The first-order valence-electron chi connectivity index (χ1n) is 14.5. The molecule has 0 bridgehead atoms. The molecule has 43 heavy (non-hydrogen) atoms. The number of nitrogens with zero attached hydrogens (tertiary/aromatic N) is 1.